The highest BCUT2D eigenvalue weighted by atomic mass is 32.2. The van der Waals surface area contributed by atoms with Gasteiger partial charge in [-0.15, -0.1) is 0 Å². The van der Waals surface area contributed by atoms with Crippen LogP contribution >= 0.6 is 11.8 Å². The largest absolute Gasteiger partial charge is 0.481 e. The average molecular weight is 397 g/mol. The smallest absolute Gasteiger partial charge is 0.304 e. The summed E-state index contributed by atoms with van der Waals surface area (Å²) in [5.74, 6) is 0.550. The van der Waals surface area contributed by atoms with Gasteiger partial charge in [-0.1, -0.05) is 30.3 Å². The molecule has 3 rings (SSSR count). The predicted octanol–water partition coefficient (Wildman–Crippen LogP) is 4.84. The first-order valence-electron chi connectivity index (χ1n) is 9.35. The first-order valence-corrected chi connectivity index (χ1v) is 10.5. The maximum atomic E-state index is 12.3. The number of carboxylic acids is 1. The number of aryl methyl sites for hydroxylation is 1. The zero-order valence-corrected chi connectivity index (χ0v) is 16.4. The molecular formula is C22H24N2O3S. The van der Waals surface area contributed by atoms with Crippen LogP contribution in [0.2, 0.25) is 0 Å². The highest BCUT2D eigenvalue weighted by Gasteiger charge is 2.07. The number of aromatic amines is 1. The molecule has 1 heterocycles. The van der Waals surface area contributed by atoms with Crippen LogP contribution in [0.15, 0.2) is 54.7 Å². The Morgan fingerprint density at radius 3 is 2.79 bits per heavy atom. The van der Waals surface area contributed by atoms with Crippen LogP contribution in [-0.2, 0) is 21.8 Å². The second-order valence-corrected chi connectivity index (χ2v) is 7.76. The average Bonchev–Trinajstić information content (AvgIpc) is 3.09. The summed E-state index contributed by atoms with van der Waals surface area (Å²) < 4.78 is 0. The molecule has 0 fully saturated rings. The predicted molar refractivity (Wildman–Crippen MR) is 115 cm³/mol. The van der Waals surface area contributed by atoms with Gasteiger partial charge < -0.3 is 15.4 Å². The van der Waals surface area contributed by atoms with Gasteiger partial charge in [0, 0.05) is 40.7 Å². The Morgan fingerprint density at radius 2 is 1.93 bits per heavy atom. The maximum absolute atomic E-state index is 12.3. The molecule has 2 aromatic carbocycles. The number of thioether (sulfide) groups is 1. The first kappa shape index (κ1) is 20.0. The third kappa shape index (κ3) is 5.89. The van der Waals surface area contributed by atoms with Gasteiger partial charge in [0.15, 0.2) is 0 Å². The molecule has 0 spiro atoms. The molecule has 1 aromatic heterocycles. The van der Waals surface area contributed by atoms with Crippen molar-refractivity contribution in [1.29, 1.82) is 0 Å². The summed E-state index contributed by atoms with van der Waals surface area (Å²) in [7, 11) is 0. The van der Waals surface area contributed by atoms with Crippen molar-refractivity contribution in [3.05, 3.63) is 65.9 Å². The van der Waals surface area contributed by atoms with E-state index in [2.05, 4.69) is 22.4 Å². The van der Waals surface area contributed by atoms with Gasteiger partial charge in [0.1, 0.15) is 0 Å². The normalized spacial score (nSPS) is 10.9. The van der Waals surface area contributed by atoms with Crippen LogP contribution in [0.5, 0.6) is 0 Å². The van der Waals surface area contributed by atoms with E-state index in [0.29, 0.717) is 12.2 Å². The summed E-state index contributed by atoms with van der Waals surface area (Å²) in [4.78, 5) is 26.1. The van der Waals surface area contributed by atoms with Crippen molar-refractivity contribution in [3.8, 4) is 0 Å². The Hall–Kier alpha value is -2.73. The minimum Gasteiger partial charge on any atom is -0.481 e. The fourth-order valence-corrected chi connectivity index (χ4v) is 3.97. The van der Waals surface area contributed by atoms with Crippen LogP contribution < -0.4 is 5.32 Å². The van der Waals surface area contributed by atoms with Crippen molar-refractivity contribution in [2.75, 3.05) is 11.1 Å². The van der Waals surface area contributed by atoms with Gasteiger partial charge in [-0.3, -0.25) is 9.59 Å². The van der Waals surface area contributed by atoms with E-state index < -0.39 is 5.97 Å². The number of rotatable bonds is 10. The van der Waals surface area contributed by atoms with Crippen molar-refractivity contribution >= 4 is 40.2 Å². The lowest BCUT2D eigenvalue weighted by Gasteiger charge is -2.07. The summed E-state index contributed by atoms with van der Waals surface area (Å²) in [6.45, 7) is 0. The van der Waals surface area contributed by atoms with Crippen LogP contribution in [0, 0.1) is 0 Å². The van der Waals surface area contributed by atoms with E-state index in [4.69, 9.17) is 5.11 Å². The summed E-state index contributed by atoms with van der Waals surface area (Å²) in [6.07, 6.45) is 4.30. The minimum absolute atomic E-state index is 0.00974. The number of carboxylic acid groups (broad SMARTS) is 1. The van der Waals surface area contributed by atoms with Crippen LogP contribution in [0.4, 0.5) is 5.69 Å². The number of carbonyl (C=O) groups excluding carboxylic acids is 1. The minimum atomic E-state index is -0.777. The van der Waals surface area contributed by atoms with Gasteiger partial charge in [-0.05, 0) is 42.2 Å². The van der Waals surface area contributed by atoms with Gasteiger partial charge in [-0.25, -0.2) is 0 Å². The van der Waals surface area contributed by atoms with E-state index in [9.17, 15) is 9.59 Å². The van der Waals surface area contributed by atoms with E-state index in [1.807, 2.05) is 42.6 Å². The summed E-state index contributed by atoms with van der Waals surface area (Å²) in [6, 6.07) is 15.9. The molecule has 3 aromatic rings. The molecule has 0 aliphatic heterocycles. The molecule has 0 radical (unpaired) electrons. The van der Waals surface area contributed by atoms with E-state index in [0.717, 1.165) is 35.4 Å². The second-order valence-electron chi connectivity index (χ2n) is 6.66. The number of H-pyrrole nitrogens is 1. The van der Waals surface area contributed by atoms with Crippen LogP contribution in [-0.4, -0.2) is 27.7 Å². The number of anilines is 1. The topological polar surface area (TPSA) is 82.2 Å². The van der Waals surface area contributed by atoms with E-state index in [1.165, 1.54) is 10.9 Å². The number of hydrogen-bond acceptors (Lipinski definition) is 3. The monoisotopic (exact) mass is 396 g/mol. The highest BCUT2D eigenvalue weighted by Crippen LogP contribution is 2.20. The Bertz CT molecular complexity index is 952. The zero-order valence-electron chi connectivity index (χ0n) is 15.6. The van der Waals surface area contributed by atoms with E-state index in [1.54, 1.807) is 11.8 Å². The van der Waals surface area contributed by atoms with Crippen molar-refractivity contribution in [3.63, 3.8) is 0 Å². The fourth-order valence-electron chi connectivity index (χ4n) is 3.09. The Labute approximate surface area is 168 Å². The Kier molecular flexibility index (Phi) is 7.14. The Balaban J connectivity index is 1.44. The number of amides is 1. The number of fused-ring (bicyclic) bond motifs is 1. The maximum Gasteiger partial charge on any atom is 0.304 e. The molecule has 0 saturated heterocycles. The van der Waals surface area contributed by atoms with Crippen molar-refractivity contribution < 1.29 is 14.7 Å². The SMILES string of the molecule is O=C(O)CCSCc1cccc(NC(=O)CCCc2c[nH]c3ccccc23)c1. The molecule has 5 nitrogen and oxygen atoms in total. The van der Waals surface area contributed by atoms with Gasteiger partial charge in [0.25, 0.3) is 0 Å². The number of benzene rings is 2. The molecule has 0 unspecified atom stereocenters. The second kappa shape index (κ2) is 9.99. The summed E-state index contributed by atoms with van der Waals surface area (Å²) in [5, 5.41) is 12.9. The first-order chi connectivity index (χ1) is 13.6. The fraction of sp³-hybridized carbons (Fsp3) is 0.273. The molecule has 28 heavy (non-hydrogen) atoms. The molecular weight excluding hydrogens is 372 g/mol. The number of hydrogen-bond donors (Lipinski definition) is 3. The van der Waals surface area contributed by atoms with Crippen molar-refractivity contribution in [1.82, 2.24) is 4.98 Å². The van der Waals surface area contributed by atoms with Gasteiger partial charge in [0.2, 0.25) is 5.91 Å². The lowest BCUT2D eigenvalue weighted by molar-refractivity contribution is -0.136. The number of para-hydroxylation sites is 1. The molecule has 6 heteroatoms. The van der Waals surface area contributed by atoms with Crippen LogP contribution in [0.25, 0.3) is 10.9 Å². The lowest BCUT2D eigenvalue weighted by Crippen LogP contribution is -2.11. The number of aromatic nitrogens is 1. The van der Waals surface area contributed by atoms with Crippen LogP contribution in [0.3, 0.4) is 0 Å². The van der Waals surface area contributed by atoms with E-state index >= 15 is 0 Å². The number of nitrogens with one attached hydrogen (secondary N) is 2. The Morgan fingerprint density at radius 1 is 1.07 bits per heavy atom. The molecule has 0 aliphatic carbocycles. The van der Waals surface area contributed by atoms with Crippen molar-refractivity contribution in [2.45, 2.75) is 31.4 Å². The van der Waals surface area contributed by atoms with Crippen molar-refractivity contribution in [2.24, 2.45) is 0 Å². The molecule has 3 N–H and O–H groups in total. The molecule has 0 bridgehead atoms. The highest BCUT2D eigenvalue weighted by molar-refractivity contribution is 7.98. The number of carbonyl (C=O) groups is 2. The standard InChI is InChI=1S/C22H24N2O3S/c25-21(10-4-6-17-14-23-20-9-2-1-8-19(17)20)24-18-7-3-5-16(13-18)15-28-12-11-22(26)27/h1-3,5,7-9,13-14,23H,4,6,10-12,15H2,(H,24,25)(H,26,27). The van der Waals surface area contributed by atoms with Gasteiger partial charge >= 0.3 is 5.97 Å². The van der Waals surface area contributed by atoms with E-state index in [-0.39, 0.29) is 12.3 Å². The van der Waals surface area contributed by atoms with Crippen LogP contribution in [0.1, 0.15) is 30.4 Å². The molecule has 1 amide bonds. The molecule has 146 valence electrons. The molecule has 0 atom stereocenters. The lowest BCUT2D eigenvalue weighted by atomic mass is 10.1. The van der Waals surface area contributed by atoms with Gasteiger partial charge in [-0.2, -0.15) is 11.8 Å². The zero-order chi connectivity index (χ0) is 19.8. The van der Waals surface area contributed by atoms with Gasteiger partial charge in [0.05, 0.1) is 6.42 Å². The molecule has 0 saturated carbocycles. The quantitative estimate of drug-likeness (QED) is 0.428. The summed E-state index contributed by atoms with van der Waals surface area (Å²) in [5.41, 5.74) is 4.23. The summed E-state index contributed by atoms with van der Waals surface area (Å²) >= 11 is 1.58. The number of aliphatic carboxylic acids is 1. The molecule has 0 aliphatic rings. The third-order valence-corrected chi connectivity index (χ3v) is 5.49. The third-order valence-electron chi connectivity index (χ3n) is 4.46.